The van der Waals surface area contributed by atoms with E-state index in [2.05, 4.69) is 6.58 Å². The molecule has 0 aromatic heterocycles. The molecule has 0 radical (unpaired) electrons. The summed E-state index contributed by atoms with van der Waals surface area (Å²) in [6.45, 7) is 5.46. The van der Waals surface area contributed by atoms with Crippen molar-refractivity contribution in [2.45, 2.75) is 6.92 Å². The van der Waals surface area contributed by atoms with Crippen LogP contribution in [0.15, 0.2) is 12.2 Å². The van der Waals surface area contributed by atoms with Gasteiger partial charge in [0.25, 0.3) is 0 Å². The molecule has 0 saturated heterocycles. The summed E-state index contributed by atoms with van der Waals surface area (Å²) < 4.78 is 9.33. The molecule has 0 fully saturated rings. The van der Waals surface area contributed by atoms with Gasteiger partial charge in [0, 0.05) is 12.2 Å². The molecular formula is C5H11O5P. The van der Waals surface area contributed by atoms with Crippen molar-refractivity contribution in [2.75, 3.05) is 6.66 Å². The Kier molecular flexibility index (Phi) is 5.98. The van der Waals surface area contributed by atoms with Crippen LogP contribution in [0, 0.1) is 0 Å². The van der Waals surface area contributed by atoms with Crippen molar-refractivity contribution < 1.29 is 24.3 Å². The van der Waals surface area contributed by atoms with Crippen LogP contribution in [-0.4, -0.2) is 27.5 Å². The summed E-state index contributed by atoms with van der Waals surface area (Å²) in [5.41, 5.74) is 0.176. The average Bonchev–Trinajstić information content (AvgIpc) is 1.59. The summed E-state index contributed by atoms with van der Waals surface area (Å²) in [5.74, 6) is -0.935. The topological polar surface area (TPSA) is 94.8 Å². The van der Waals surface area contributed by atoms with Gasteiger partial charge in [0.2, 0.25) is 0 Å². The fraction of sp³-hybridized carbons (Fsp3) is 0.400. The molecule has 0 amide bonds. The van der Waals surface area contributed by atoms with Gasteiger partial charge in [-0.1, -0.05) is 6.58 Å². The molecule has 11 heavy (non-hydrogen) atoms. The first kappa shape index (κ1) is 13.0. The lowest BCUT2D eigenvalue weighted by molar-refractivity contribution is -0.132. The van der Waals surface area contributed by atoms with Gasteiger partial charge in [-0.15, -0.1) is 0 Å². The summed E-state index contributed by atoms with van der Waals surface area (Å²) in [6.07, 6.45) is 0. The molecule has 0 aliphatic rings. The second kappa shape index (κ2) is 5.07. The molecular weight excluding hydrogens is 171 g/mol. The number of hydrogen-bond acceptors (Lipinski definition) is 2. The molecule has 0 heterocycles. The van der Waals surface area contributed by atoms with Crippen molar-refractivity contribution >= 4 is 13.6 Å². The van der Waals surface area contributed by atoms with E-state index in [1.54, 1.807) is 0 Å². The maximum atomic E-state index is 9.60. The molecule has 0 aliphatic carbocycles. The largest absolute Gasteiger partial charge is 0.478 e. The van der Waals surface area contributed by atoms with E-state index in [4.69, 9.17) is 14.9 Å². The van der Waals surface area contributed by atoms with E-state index in [1.165, 1.54) is 6.92 Å². The van der Waals surface area contributed by atoms with Crippen molar-refractivity contribution in [3.05, 3.63) is 12.2 Å². The van der Waals surface area contributed by atoms with Gasteiger partial charge in [-0.3, -0.25) is 4.57 Å². The third-order valence-corrected chi connectivity index (χ3v) is 0.365. The minimum Gasteiger partial charge on any atom is -0.478 e. The zero-order valence-corrected chi connectivity index (χ0v) is 7.21. The summed E-state index contributed by atoms with van der Waals surface area (Å²) in [7, 11) is -3.64. The molecule has 0 atom stereocenters. The predicted octanol–water partition coefficient (Wildman–Crippen LogP) is 0.441. The Labute approximate surface area is 64.5 Å². The van der Waals surface area contributed by atoms with Crippen LogP contribution in [0.2, 0.25) is 0 Å². The summed E-state index contributed by atoms with van der Waals surface area (Å²) >= 11 is 0. The van der Waals surface area contributed by atoms with Crippen LogP contribution in [0.25, 0.3) is 0 Å². The molecule has 0 saturated carbocycles. The second-order valence-corrected chi connectivity index (χ2v) is 3.59. The van der Waals surface area contributed by atoms with Crippen molar-refractivity contribution in [1.82, 2.24) is 0 Å². The Morgan fingerprint density at radius 3 is 1.55 bits per heavy atom. The van der Waals surface area contributed by atoms with Crippen LogP contribution in [0.5, 0.6) is 0 Å². The van der Waals surface area contributed by atoms with E-state index < -0.39 is 13.6 Å². The minimum atomic E-state index is -3.64. The summed E-state index contributed by atoms with van der Waals surface area (Å²) in [5, 5.41) is 7.89. The zero-order chi connectivity index (χ0) is 9.65. The van der Waals surface area contributed by atoms with Crippen molar-refractivity contribution in [2.24, 2.45) is 0 Å². The molecule has 0 rings (SSSR count). The number of rotatable bonds is 1. The van der Waals surface area contributed by atoms with E-state index in [0.29, 0.717) is 0 Å². The molecule has 0 aromatic carbocycles. The minimum absolute atomic E-state index is 0.176. The Hall–Kier alpha value is -0.640. The lowest BCUT2D eigenvalue weighted by atomic mass is 10.4. The molecule has 6 heteroatoms. The van der Waals surface area contributed by atoms with Crippen LogP contribution in [0.1, 0.15) is 6.92 Å². The molecule has 0 aromatic rings. The zero-order valence-electron chi connectivity index (χ0n) is 6.31. The number of hydrogen-bond donors (Lipinski definition) is 3. The van der Waals surface area contributed by atoms with Gasteiger partial charge in [-0.25, -0.2) is 4.79 Å². The quantitative estimate of drug-likeness (QED) is 0.404. The Morgan fingerprint density at radius 1 is 1.45 bits per heavy atom. The maximum Gasteiger partial charge on any atom is 0.330 e. The molecule has 3 N–H and O–H groups in total. The average molecular weight is 182 g/mol. The van der Waals surface area contributed by atoms with E-state index in [-0.39, 0.29) is 5.57 Å². The molecule has 5 nitrogen and oxygen atoms in total. The highest BCUT2D eigenvalue weighted by atomic mass is 31.2. The Balaban J connectivity index is 0. The van der Waals surface area contributed by atoms with Gasteiger partial charge in [0.05, 0.1) is 0 Å². The van der Waals surface area contributed by atoms with Crippen LogP contribution >= 0.6 is 7.60 Å². The Morgan fingerprint density at radius 2 is 1.55 bits per heavy atom. The number of carboxylic acid groups (broad SMARTS) is 1. The third kappa shape index (κ3) is 44.9. The highest BCUT2D eigenvalue weighted by molar-refractivity contribution is 7.50. The van der Waals surface area contributed by atoms with E-state index in [0.717, 1.165) is 6.66 Å². The highest BCUT2D eigenvalue weighted by Crippen LogP contribution is 2.26. The van der Waals surface area contributed by atoms with Gasteiger partial charge in [0.1, 0.15) is 0 Å². The van der Waals surface area contributed by atoms with Gasteiger partial charge in [0.15, 0.2) is 0 Å². The van der Waals surface area contributed by atoms with Crippen LogP contribution in [0.4, 0.5) is 0 Å². The van der Waals surface area contributed by atoms with Crippen molar-refractivity contribution in [3.63, 3.8) is 0 Å². The normalized spacial score (nSPS) is 9.45. The number of carboxylic acids is 1. The first-order chi connectivity index (χ1) is 4.64. The van der Waals surface area contributed by atoms with Gasteiger partial charge in [-0.05, 0) is 6.92 Å². The lowest BCUT2D eigenvalue weighted by Gasteiger charge is -1.84. The standard InChI is InChI=1S/C4H6O2.CH5O3P/c1-3(2)4(5)6;1-5(2,3)4/h1H2,2H3,(H,5,6);1H3,(H2,2,3,4). The highest BCUT2D eigenvalue weighted by Gasteiger charge is 1.95. The molecule has 66 valence electrons. The van der Waals surface area contributed by atoms with Crippen LogP contribution in [-0.2, 0) is 9.36 Å². The fourth-order valence-electron chi connectivity index (χ4n) is 0. The molecule has 0 spiro atoms. The van der Waals surface area contributed by atoms with Gasteiger partial charge < -0.3 is 14.9 Å². The van der Waals surface area contributed by atoms with Crippen LogP contribution in [0.3, 0.4) is 0 Å². The first-order valence-electron chi connectivity index (χ1n) is 2.56. The van der Waals surface area contributed by atoms with Crippen molar-refractivity contribution in [3.8, 4) is 0 Å². The van der Waals surface area contributed by atoms with Crippen molar-refractivity contribution in [1.29, 1.82) is 0 Å². The van der Waals surface area contributed by atoms with E-state index in [1.807, 2.05) is 0 Å². The van der Waals surface area contributed by atoms with Crippen LogP contribution < -0.4 is 0 Å². The molecule has 0 bridgehead atoms. The second-order valence-electron chi connectivity index (χ2n) is 1.92. The maximum absolute atomic E-state index is 9.60. The monoisotopic (exact) mass is 182 g/mol. The summed E-state index contributed by atoms with van der Waals surface area (Å²) in [6, 6.07) is 0. The van der Waals surface area contributed by atoms with Gasteiger partial charge in [-0.2, -0.15) is 0 Å². The summed E-state index contributed by atoms with van der Waals surface area (Å²) in [4.78, 5) is 24.9. The third-order valence-electron chi connectivity index (χ3n) is 0.365. The van der Waals surface area contributed by atoms with Gasteiger partial charge >= 0.3 is 13.6 Å². The first-order valence-corrected chi connectivity index (χ1v) is 4.62. The Bertz CT molecular complexity index is 171. The molecule has 0 aliphatic heterocycles. The predicted molar refractivity (Wildman–Crippen MR) is 40.4 cm³/mol. The van der Waals surface area contributed by atoms with E-state index in [9.17, 15) is 9.36 Å². The smallest absolute Gasteiger partial charge is 0.330 e. The number of carbonyl (C=O) groups is 1. The lowest BCUT2D eigenvalue weighted by Crippen LogP contribution is -1.92. The number of aliphatic carboxylic acids is 1. The fourth-order valence-corrected chi connectivity index (χ4v) is 0. The SMILES string of the molecule is C=C(C)C(=O)O.CP(=O)(O)O. The van der Waals surface area contributed by atoms with E-state index >= 15 is 0 Å². The molecule has 0 unspecified atom stereocenters.